The third kappa shape index (κ3) is 2.60. The molecule has 7 nitrogen and oxygen atoms in total. The Morgan fingerprint density at radius 3 is 2.95 bits per heavy atom. The molecule has 114 valence electrons. The minimum absolute atomic E-state index is 0.0586. The Labute approximate surface area is 123 Å². The molecular weight excluding hydrogens is 292 g/mol. The van der Waals surface area contributed by atoms with Crippen molar-refractivity contribution in [1.29, 1.82) is 0 Å². The van der Waals surface area contributed by atoms with Crippen LogP contribution in [0.25, 0.3) is 0 Å². The van der Waals surface area contributed by atoms with Gasteiger partial charge in [-0.2, -0.15) is 4.31 Å². The largest absolute Gasteiger partial charge is 0.398 e. The molecule has 3 N–H and O–H groups in total. The van der Waals surface area contributed by atoms with Gasteiger partial charge in [-0.1, -0.05) is 0 Å². The van der Waals surface area contributed by atoms with Crippen molar-refractivity contribution in [2.24, 2.45) is 5.92 Å². The molecule has 21 heavy (non-hydrogen) atoms. The monoisotopic (exact) mass is 310 g/mol. The topological polar surface area (TPSA) is 105 Å². The van der Waals surface area contributed by atoms with Crippen molar-refractivity contribution < 1.29 is 13.2 Å². The maximum Gasteiger partial charge on any atom is 0.246 e. The van der Waals surface area contributed by atoms with E-state index in [0.29, 0.717) is 25.9 Å². The summed E-state index contributed by atoms with van der Waals surface area (Å²) in [5, 5.41) is 2.94. The number of fused-ring (bicyclic) bond motifs is 1. The number of nitrogens with two attached hydrogens (primary N) is 1. The first kappa shape index (κ1) is 14.3. The Bertz CT molecular complexity index is 661. The summed E-state index contributed by atoms with van der Waals surface area (Å²) in [5.74, 6) is 0.230. The Kier molecular flexibility index (Phi) is 3.58. The number of piperidine rings is 2. The second-order valence-corrected chi connectivity index (χ2v) is 7.44. The van der Waals surface area contributed by atoms with E-state index < -0.39 is 10.0 Å². The lowest BCUT2D eigenvalue weighted by Gasteiger charge is -2.40. The average molecular weight is 310 g/mol. The van der Waals surface area contributed by atoms with Crippen LogP contribution in [0.4, 0.5) is 5.69 Å². The van der Waals surface area contributed by atoms with Gasteiger partial charge < -0.3 is 11.1 Å². The fraction of sp³-hybridized carbons (Fsp3) is 0.538. The second-order valence-electron chi connectivity index (χ2n) is 5.54. The van der Waals surface area contributed by atoms with Crippen molar-refractivity contribution in [3.8, 4) is 0 Å². The fourth-order valence-electron chi connectivity index (χ4n) is 3.04. The van der Waals surface area contributed by atoms with Crippen LogP contribution in [-0.4, -0.2) is 42.7 Å². The zero-order valence-electron chi connectivity index (χ0n) is 11.5. The Morgan fingerprint density at radius 1 is 1.38 bits per heavy atom. The quantitative estimate of drug-likeness (QED) is 0.797. The molecule has 2 saturated heterocycles. The first-order valence-corrected chi connectivity index (χ1v) is 8.41. The van der Waals surface area contributed by atoms with Crippen molar-refractivity contribution in [2.45, 2.75) is 30.2 Å². The molecule has 1 aromatic heterocycles. The van der Waals surface area contributed by atoms with Crippen molar-refractivity contribution >= 4 is 21.6 Å². The van der Waals surface area contributed by atoms with Gasteiger partial charge >= 0.3 is 0 Å². The number of nitrogens with zero attached hydrogens (tertiary/aromatic N) is 2. The van der Waals surface area contributed by atoms with Crippen LogP contribution in [0, 0.1) is 5.92 Å². The highest BCUT2D eigenvalue weighted by Gasteiger charge is 2.38. The minimum atomic E-state index is -3.62. The second kappa shape index (κ2) is 5.27. The van der Waals surface area contributed by atoms with Gasteiger partial charge in [0.1, 0.15) is 4.90 Å². The van der Waals surface area contributed by atoms with Crippen molar-refractivity contribution in [3.63, 3.8) is 0 Å². The van der Waals surface area contributed by atoms with Crippen molar-refractivity contribution in [2.75, 3.05) is 18.8 Å². The third-order valence-corrected chi connectivity index (χ3v) is 6.13. The number of aromatic nitrogens is 1. The van der Waals surface area contributed by atoms with E-state index in [1.807, 2.05) is 0 Å². The summed E-state index contributed by atoms with van der Waals surface area (Å²) in [5.41, 5.74) is 5.97. The van der Waals surface area contributed by atoms with Gasteiger partial charge in [0.15, 0.2) is 0 Å². The molecule has 8 heteroatoms. The number of rotatable bonds is 2. The number of hydrogen-bond acceptors (Lipinski definition) is 5. The summed E-state index contributed by atoms with van der Waals surface area (Å²) < 4.78 is 26.8. The molecular formula is C13H18N4O3S. The smallest absolute Gasteiger partial charge is 0.246 e. The Morgan fingerprint density at radius 2 is 2.19 bits per heavy atom. The lowest BCUT2D eigenvalue weighted by molar-refractivity contribution is -0.124. The maximum absolute atomic E-state index is 12.7. The van der Waals surface area contributed by atoms with Crippen LogP contribution in [0.15, 0.2) is 23.4 Å². The van der Waals surface area contributed by atoms with E-state index in [1.54, 1.807) is 0 Å². The molecule has 2 fully saturated rings. The van der Waals surface area contributed by atoms with Gasteiger partial charge in [0.05, 0.1) is 5.69 Å². The van der Waals surface area contributed by atoms with E-state index in [2.05, 4.69) is 10.3 Å². The first-order valence-electron chi connectivity index (χ1n) is 6.97. The predicted molar refractivity (Wildman–Crippen MR) is 76.7 cm³/mol. The van der Waals surface area contributed by atoms with Gasteiger partial charge in [-0.25, -0.2) is 8.42 Å². The molecule has 0 saturated carbocycles. The maximum atomic E-state index is 12.7. The average Bonchev–Trinajstić information content (AvgIpc) is 2.47. The molecule has 2 aliphatic rings. The Hall–Kier alpha value is -1.67. The number of nitrogen functional groups attached to an aromatic ring is 1. The highest BCUT2D eigenvalue weighted by molar-refractivity contribution is 7.89. The van der Waals surface area contributed by atoms with Gasteiger partial charge in [0, 0.05) is 37.9 Å². The predicted octanol–water partition coefficient (Wildman–Crippen LogP) is -0.0470. The van der Waals surface area contributed by atoms with Crippen LogP contribution < -0.4 is 11.1 Å². The van der Waals surface area contributed by atoms with Gasteiger partial charge in [0.25, 0.3) is 0 Å². The number of anilines is 1. The molecule has 0 bridgehead atoms. The van der Waals surface area contributed by atoms with E-state index >= 15 is 0 Å². The zero-order valence-corrected chi connectivity index (χ0v) is 12.3. The number of carbonyl (C=O) groups is 1. The third-order valence-electron chi connectivity index (χ3n) is 4.22. The van der Waals surface area contributed by atoms with E-state index in [-0.39, 0.29) is 28.4 Å². The van der Waals surface area contributed by atoms with Crippen LogP contribution in [0.5, 0.6) is 0 Å². The van der Waals surface area contributed by atoms with Gasteiger partial charge in [-0.3, -0.25) is 9.78 Å². The molecule has 3 heterocycles. The van der Waals surface area contributed by atoms with Gasteiger partial charge in [-0.15, -0.1) is 0 Å². The first-order chi connectivity index (χ1) is 9.98. The number of nitrogens with one attached hydrogen (secondary N) is 1. The number of carbonyl (C=O) groups excluding carboxylic acids is 1. The lowest BCUT2D eigenvalue weighted by Crippen LogP contribution is -2.55. The summed E-state index contributed by atoms with van der Waals surface area (Å²) in [7, 11) is -3.62. The van der Waals surface area contributed by atoms with E-state index in [1.165, 1.54) is 22.8 Å². The molecule has 1 aromatic rings. The molecule has 0 spiro atoms. The van der Waals surface area contributed by atoms with Crippen LogP contribution >= 0.6 is 0 Å². The molecule has 0 radical (unpaired) electrons. The number of sulfonamides is 1. The van der Waals surface area contributed by atoms with E-state index in [4.69, 9.17) is 5.73 Å². The molecule has 3 rings (SSSR count). The molecule has 2 atom stereocenters. The van der Waals surface area contributed by atoms with E-state index in [9.17, 15) is 13.2 Å². The number of hydrogen-bond donors (Lipinski definition) is 2. The summed E-state index contributed by atoms with van der Waals surface area (Å²) in [6.45, 7) is 0.805. The highest BCUT2D eigenvalue weighted by atomic mass is 32.2. The van der Waals surface area contributed by atoms with Crippen molar-refractivity contribution in [1.82, 2.24) is 14.6 Å². The zero-order chi connectivity index (χ0) is 15.0. The fourth-order valence-corrected chi connectivity index (χ4v) is 4.61. The van der Waals surface area contributed by atoms with E-state index in [0.717, 1.165) is 6.42 Å². The summed E-state index contributed by atoms with van der Waals surface area (Å²) in [6.07, 6.45) is 4.58. The van der Waals surface area contributed by atoms with Gasteiger partial charge in [0.2, 0.25) is 15.9 Å². The Balaban J connectivity index is 1.82. The van der Waals surface area contributed by atoms with Crippen LogP contribution in [0.2, 0.25) is 0 Å². The number of amides is 1. The van der Waals surface area contributed by atoms with Crippen LogP contribution in [-0.2, 0) is 14.8 Å². The number of pyridine rings is 1. The molecule has 0 aliphatic carbocycles. The minimum Gasteiger partial charge on any atom is -0.398 e. The highest BCUT2D eigenvalue weighted by Crippen LogP contribution is 2.30. The molecule has 2 aliphatic heterocycles. The summed E-state index contributed by atoms with van der Waals surface area (Å²) in [6, 6.07) is 1.57. The molecule has 1 amide bonds. The van der Waals surface area contributed by atoms with Crippen LogP contribution in [0.1, 0.15) is 19.3 Å². The summed E-state index contributed by atoms with van der Waals surface area (Å²) >= 11 is 0. The van der Waals surface area contributed by atoms with Gasteiger partial charge in [-0.05, 0) is 24.8 Å². The molecule has 2 unspecified atom stereocenters. The van der Waals surface area contributed by atoms with Crippen molar-refractivity contribution in [3.05, 3.63) is 18.5 Å². The SMILES string of the molecule is Nc1ccncc1S(=O)(=O)N1CCC2NC(=O)CCC2C1. The standard InChI is InChI=1S/C13H18N4O3S/c14-10-3-5-15-7-12(10)21(19,20)17-6-4-11-9(8-17)1-2-13(18)16-11/h3,5,7,9,11H,1-2,4,6,8H2,(H2,14,15)(H,16,18). The van der Waals surface area contributed by atoms with Crippen LogP contribution in [0.3, 0.4) is 0 Å². The lowest BCUT2D eigenvalue weighted by atomic mass is 9.86. The molecule has 0 aromatic carbocycles. The summed E-state index contributed by atoms with van der Waals surface area (Å²) in [4.78, 5) is 15.3. The normalized spacial score (nSPS) is 27.0.